The molecule has 0 aromatic heterocycles. The summed E-state index contributed by atoms with van der Waals surface area (Å²) in [6.07, 6.45) is 1.53. The molecule has 0 radical (unpaired) electrons. The predicted octanol–water partition coefficient (Wildman–Crippen LogP) is 2.12. The lowest BCUT2D eigenvalue weighted by Crippen LogP contribution is -2.25. The molecule has 1 rings (SSSR count). The zero-order valence-electron chi connectivity index (χ0n) is 12.2. The van der Waals surface area contributed by atoms with Crippen LogP contribution < -0.4 is 9.47 Å². The lowest BCUT2D eigenvalue weighted by Gasteiger charge is -2.17. The van der Waals surface area contributed by atoms with Crippen molar-refractivity contribution in [2.45, 2.75) is 20.0 Å². The number of benzene rings is 1. The first-order valence-electron chi connectivity index (χ1n) is 6.40. The first kappa shape index (κ1) is 16.6. The summed E-state index contributed by atoms with van der Waals surface area (Å²) in [5, 5.41) is 8.71. The number of aliphatic carboxylic acids is 1. The third-order valence-electron chi connectivity index (χ3n) is 2.54. The van der Waals surface area contributed by atoms with Crippen LogP contribution in [0.5, 0.6) is 11.5 Å². The van der Waals surface area contributed by atoms with E-state index in [1.54, 1.807) is 25.1 Å². The summed E-state index contributed by atoms with van der Waals surface area (Å²) in [5.74, 6) is -0.881. The summed E-state index contributed by atoms with van der Waals surface area (Å²) in [7, 11) is 1.27. The summed E-state index contributed by atoms with van der Waals surface area (Å²) >= 11 is 0. The topological polar surface area (TPSA) is 82.1 Å². The maximum Gasteiger partial charge on any atom is 0.346 e. The van der Waals surface area contributed by atoms with E-state index < -0.39 is 18.0 Å². The van der Waals surface area contributed by atoms with Crippen molar-refractivity contribution in [3.63, 3.8) is 0 Å². The van der Waals surface area contributed by atoms with Crippen molar-refractivity contribution >= 4 is 18.0 Å². The van der Waals surface area contributed by atoms with Crippen LogP contribution in [0.4, 0.5) is 0 Å². The average Bonchev–Trinajstić information content (AvgIpc) is 2.46. The standard InChI is InChI=1S/C15H18O6/c1-4-20-12-7-5-6-11(8-9-13(16)17)14(12)21-10(2)15(18)19-3/h5-10H,4H2,1-3H3,(H,16,17). The zero-order valence-corrected chi connectivity index (χ0v) is 12.2. The number of carbonyl (C=O) groups is 2. The van der Waals surface area contributed by atoms with Crippen LogP contribution in [-0.4, -0.2) is 36.9 Å². The van der Waals surface area contributed by atoms with Gasteiger partial charge in [-0.25, -0.2) is 9.59 Å². The third-order valence-corrected chi connectivity index (χ3v) is 2.54. The molecule has 0 aliphatic heterocycles. The average molecular weight is 294 g/mol. The zero-order chi connectivity index (χ0) is 15.8. The van der Waals surface area contributed by atoms with Gasteiger partial charge in [-0.1, -0.05) is 12.1 Å². The maximum atomic E-state index is 11.5. The molecule has 0 amide bonds. The molecule has 0 aliphatic carbocycles. The number of hydrogen-bond acceptors (Lipinski definition) is 5. The van der Waals surface area contributed by atoms with Crippen molar-refractivity contribution in [2.75, 3.05) is 13.7 Å². The molecule has 6 heteroatoms. The van der Waals surface area contributed by atoms with Gasteiger partial charge in [0.15, 0.2) is 17.6 Å². The first-order chi connectivity index (χ1) is 9.99. The normalized spacial score (nSPS) is 12.0. The summed E-state index contributed by atoms with van der Waals surface area (Å²) in [6.45, 7) is 3.77. The van der Waals surface area contributed by atoms with E-state index in [0.29, 0.717) is 23.7 Å². The Morgan fingerprint density at radius 1 is 1.38 bits per heavy atom. The highest BCUT2D eigenvalue weighted by molar-refractivity contribution is 5.86. The lowest BCUT2D eigenvalue weighted by molar-refractivity contribution is -0.148. The Bertz CT molecular complexity index is 535. The second kappa shape index (κ2) is 7.94. The fraction of sp³-hybridized carbons (Fsp3) is 0.333. The SMILES string of the molecule is CCOc1cccc(C=CC(=O)O)c1OC(C)C(=O)OC. The molecule has 1 N–H and O–H groups in total. The molecule has 0 spiro atoms. The lowest BCUT2D eigenvalue weighted by atomic mass is 10.1. The number of carbonyl (C=O) groups excluding carboxylic acids is 1. The van der Waals surface area contributed by atoms with Crippen LogP contribution in [0.2, 0.25) is 0 Å². The molecular formula is C15H18O6. The van der Waals surface area contributed by atoms with E-state index in [-0.39, 0.29) is 0 Å². The van der Waals surface area contributed by atoms with E-state index >= 15 is 0 Å². The van der Waals surface area contributed by atoms with E-state index in [1.807, 2.05) is 6.92 Å². The fourth-order valence-electron chi connectivity index (χ4n) is 1.61. The largest absolute Gasteiger partial charge is 0.490 e. The molecule has 0 bridgehead atoms. The van der Waals surface area contributed by atoms with Gasteiger partial charge in [-0.3, -0.25) is 0 Å². The number of hydrogen-bond donors (Lipinski definition) is 1. The van der Waals surface area contributed by atoms with Crippen LogP contribution in [-0.2, 0) is 14.3 Å². The molecule has 1 atom stereocenters. The Labute approximate surface area is 122 Å². The molecule has 1 unspecified atom stereocenters. The summed E-state index contributed by atoms with van der Waals surface area (Å²) < 4.78 is 15.6. The van der Waals surface area contributed by atoms with E-state index in [0.717, 1.165) is 6.08 Å². The highest BCUT2D eigenvalue weighted by atomic mass is 16.6. The number of carboxylic acid groups (broad SMARTS) is 1. The number of rotatable bonds is 7. The molecule has 21 heavy (non-hydrogen) atoms. The van der Waals surface area contributed by atoms with Gasteiger partial charge in [0.05, 0.1) is 13.7 Å². The molecule has 1 aromatic carbocycles. The Kier molecular flexibility index (Phi) is 6.26. The molecule has 0 saturated heterocycles. The highest BCUT2D eigenvalue weighted by Gasteiger charge is 2.19. The van der Waals surface area contributed by atoms with Gasteiger partial charge in [-0.05, 0) is 26.0 Å². The minimum absolute atomic E-state index is 0.301. The van der Waals surface area contributed by atoms with Crippen molar-refractivity contribution in [3.05, 3.63) is 29.8 Å². The minimum Gasteiger partial charge on any atom is -0.490 e. The van der Waals surface area contributed by atoms with Gasteiger partial charge in [0.1, 0.15) is 0 Å². The van der Waals surface area contributed by atoms with E-state index in [2.05, 4.69) is 4.74 Å². The van der Waals surface area contributed by atoms with E-state index in [9.17, 15) is 9.59 Å². The number of methoxy groups -OCH3 is 1. The van der Waals surface area contributed by atoms with Crippen molar-refractivity contribution in [1.82, 2.24) is 0 Å². The van der Waals surface area contributed by atoms with Crippen molar-refractivity contribution in [3.8, 4) is 11.5 Å². The smallest absolute Gasteiger partial charge is 0.346 e. The number of ether oxygens (including phenoxy) is 3. The van der Waals surface area contributed by atoms with E-state index in [1.165, 1.54) is 13.2 Å². The Morgan fingerprint density at radius 2 is 2.10 bits per heavy atom. The van der Waals surface area contributed by atoms with Crippen molar-refractivity contribution < 1.29 is 28.9 Å². The van der Waals surface area contributed by atoms with Gasteiger partial charge < -0.3 is 19.3 Å². The highest BCUT2D eigenvalue weighted by Crippen LogP contribution is 2.33. The van der Waals surface area contributed by atoms with Gasteiger partial charge in [-0.2, -0.15) is 0 Å². The second-order valence-electron chi connectivity index (χ2n) is 4.06. The third kappa shape index (κ3) is 4.83. The predicted molar refractivity (Wildman–Crippen MR) is 76.4 cm³/mol. The fourth-order valence-corrected chi connectivity index (χ4v) is 1.61. The summed E-state index contributed by atoms with van der Waals surface area (Å²) in [6, 6.07) is 5.06. The van der Waals surface area contributed by atoms with Crippen LogP contribution in [0.15, 0.2) is 24.3 Å². The van der Waals surface area contributed by atoms with Crippen LogP contribution in [0.1, 0.15) is 19.4 Å². The van der Waals surface area contributed by atoms with Crippen LogP contribution >= 0.6 is 0 Å². The number of para-hydroxylation sites is 1. The Balaban J connectivity index is 3.16. The molecule has 6 nitrogen and oxygen atoms in total. The molecule has 0 heterocycles. The number of carboxylic acids is 1. The Morgan fingerprint density at radius 3 is 2.67 bits per heavy atom. The molecule has 114 valence electrons. The van der Waals surface area contributed by atoms with Crippen molar-refractivity contribution in [2.24, 2.45) is 0 Å². The molecular weight excluding hydrogens is 276 g/mol. The quantitative estimate of drug-likeness (QED) is 0.612. The van der Waals surface area contributed by atoms with Gasteiger partial charge in [0.2, 0.25) is 0 Å². The molecule has 0 saturated carbocycles. The Hall–Kier alpha value is -2.50. The van der Waals surface area contributed by atoms with Crippen LogP contribution in [0.25, 0.3) is 6.08 Å². The summed E-state index contributed by atoms with van der Waals surface area (Å²) in [5.41, 5.74) is 0.499. The van der Waals surface area contributed by atoms with Gasteiger partial charge in [-0.15, -0.1) is 0 Å². The van der Waals surface area contributed by atoms with Crippen LogP contribution in [0, 0.1) is 0 Å². The molecule has 1 aromatic rings. The van der Waals surface area contributed by atoms with Gasteiger partial charge in [0.25, 0.3) is 0 Å². The first-order valence-corrected chi connectivity index (χ1v) is 6.40. The maximum absolute atomic E-state index is 11.5. The monoisotopic (exact) mass is 294 g/mol. The van der Waals surface area contributed by atoms with Crippen molar-refractivity contribution in [1.29, 1.82) is 0 Å². The van der Waals surface area contributed by atoms with Gasteiger partial charge in [0, 0.05) is 11.6 Å². The molecule has 0 fully saturated rings. The summed E-state index contributed by atoms with van der Waals surface area (Å²) in [4.78, 5) is 22.1. The number of esters is 1. The van der Waals surface area contributed by atoms with E-state index in [4.69, 9.17) is 14.6 Å². The van der Waals surface area contributed by atoms with Crippen LogP contribution in [0.3, 0.4) is 0 Å². The van der Waals surface area contributed by atoms with Gasteiger partial charge >= 0.3 is 11.9 Å². The second-order valence-corrected chi connectivity index (χ2v) is 4.06. The molecule has 0 aliphatic rings. The minimum atomic E-state index is -1.08.